The highest BCUT2D eigenvalue weighted by Crippen LogP contribution is 2.20. The number of carbonyl (C=O) groups is 3. The lowest BCUT2D eigenvalue weighted by molar-refractivity contribution is 0.0228. The van der Waals surface area contributed by atoms with Gasteiger partial charge in [-0.15, -0.1) is 0 Å². The van der Waals surface area contributed by atoms with E-state index >= 15 is 0 Å². The first-order valence-electron chi connectivity index (χ1n) is 10.2. The smallest absolute Gasteiger partial charge is 0.338 e. The average molecular weight is 415 g/mol. The largest absolute Gasteiger partial charge is 0.460 e. The van der Waals surface area contributed by atoms with E-state index in [-0.39, 0.29) is 12.5 Å². The third-order valence-corrected chi connectivity index (χ3v) is 4.97. The van der Waals surface area contributed by atoms with Gasteiger partial charge in [-0.1, -0.05) is 68.4 Å². The fraction of sp³-hybridized carbons (Fsp3) is 0.192. The van der Waals surface area contributed by atoms with E-state index < -0.39 is 23.8 Å². The van der Waals surface area contributed by atoms with Gasteiger partial charge in [0, 0.05) is 11.1 Å². The summed E-state index contributed by atoms with van der Waals surface area (Å²) in [7, 11) is 0. The molecule has 0 bridgehead atoms. The van der Waals surface area contributed by atoms with Crippen LogP contribution in [0.3, 0.4) is 0 Å². The van der Waals surface area contributed by atoms with Crippen molar-refractivity contribution in [3.05, 3.63) is 108 Å². The molecule has 3 aromatic carbocycles. The number of rotatable bonds is 7. The zero-order valence-corrected chi connectivity index (χ0v) is 17.6. The van der Waals surface area contributed by atoms with Crippen LogP contribution in [-0.4, -0.2) is 35.3 Å². The molecule has 0 aliphatic heterocycles. The molecule has 31 heavy (non-hydrogen) atoms. The van der Waals surface area contributed by atoms with Gasteiger partial charge in [-0.25, -0.2) is 4.79 Å². The van der Waals surface area contributed by atoms with E-state index in [4.69, 9.17) is 4.74 Å². The van der Waals surface area contributed by atoms with Gasteiger partial charge in [0.25, 0.3) is 11.8 Å². The first-order valence-corrected chi connectivity index (χ1v) is 10.2. The lowest BCUT2D eigenvalue weighted by atomic mass is 10.0. The second kappa shape index (κ2) is 10.3. The molecule has 2 amide bonds. The van der Waals surface area contributed by atoms with Gasteiger partial charge in [0.1, 0.15) is 6.61 Å². The number of hydrogen-bond donors (Lipinski definition) is 0. The van der Waals surface area contributed by atoms with Crippen LogP contribution in [0.5, 0.6) is 0 Å². The molecule has 3 aromatic rings. The van der Waals surface area contributed by atoms with Crippen LogP contribution in [0.2, 0.25) is 0 Å². The maximum Gasteiger partial charge on any atom is 0.338 e. The first kappa shape index (κ1) is 22.0. The van der Waals surface area contributed by atoms with Gasteiger partial charge >= 0.3 is 5.97 Å². The summed E-state index contributed by atoms with van der Waals surface area (Å²) in [5.74, 6) is -1.48. The van der Waals surface area contributed by atoms with Crippen molar-refractivity contribution in [2.75, 3.05) is 6.61 Å². The highest BCUT2D eigenvalue weighted by Gasteiger charge is 2.34. The van der Waals surface area contributed by atoms with Crippen LogP contribution in [0.1, 0.15) is 44.9 Å². The van der Waals surface area contributed by atoms with E-state index in [1.165, 1.54) is 4.90 Å². The van der Waals surface area contributed by atoms with E-state index in [0.717, 1.165) is 0 Å². The standard InChI is InChI=1S/C26H25NO4/c1-19(2)23(18-31-26(30)22-16-10-5-11-17-22)27(24(28)20-12-6-3-7-13-20)25(29)21-14-8-4-9-15-21/h3-17,19,23H,18H2,1-2H3/t23-/m1/s1. The highest BCUT2D eigenvalue weighted by atomic mass is 16.5. The van der Waals surface area contributed by atoms with Gasteiger partial charge < -0.3 is 4.74 Å². The fourth-order valence-corrected chi connectivity index (χ4v) is 3.22. The van der Waals surface area contributed by atoms with Gasteiger partial charge in [-0.05, 0) is 42.3 Å². The molecule has 5 heteroatoms. The Labute approximate surface area is 182 Å². The lowest BCUT2D eigenvalue weighted by Crippen LogP contribution is -2.49. The van der Waals surface area contributed by atoms with Crippen molar-refractivity contribution in [1.82, 2.24) is 4.90 Å². The maximum absolute atomic E-state index is 13.4. The summed E-state index contributed by atoms with van der Waals surface area (Å²) in [6, 6.07) is 25.3. The molecule has 1 atom stereocenters. The Morgan fingerprint density at radius 1 is 0.677 bits per heavy atom. The second-order valence-electron chi connectivity index (χ2n) is 7.49. The van der Waals surface area contributed by atoms with Crippen LogP contribution in [0, 0.1) is 5.92 Å². The molecule has 0 radical (unpaired) electrons. The molecular weight excluding hydrogens is 390 g/mol. The summed E-state index contributed by atoms with van der Waals surface area (Å²) in [5.41, 5.74) is 1.21. The molecule has 158 valence electrons. The number of esters is 1. The van der Waals surface area contributed by atoms with Gasteiger partial charge in [-0.3, -0.25) is 14.5 Å². The van der Waals surface area contributed by atoms with Crippen LogP contribution in [0.15, 0.2) is 91.0 Å². The quantitative estimate of drug-likeness (QED) is 0.409. The van der Waals surface area contributed by atoms with Crippen molar-refractivity contribution in [2.24, 2.45) is 5.92 Å². The van der Waals surface area contributed by atoms with Crippen LogP contribution >= 0.6 is 0 Å². The van der Waals surface area contributed by atoms with Crippen LogP contribution in [0.25, 0.3) is 0 Å². The van der Waals surface area contributed by atoms with E-state index in [9.17, 15) is 14.4 Å². The molecule has 0 spiro atoms. The van der Waals surface area contributed by atoms with Gasteiger partial charge in [0.15, 0.2) is 0 Å². The van der Waals surface area contributed by atoms with Crippen molar-refractivity contribution < 1.29 is 19.1 Å². The molecule has 0 saturated carbocycles. The molecule has 0 aliphatic carbocycles. The fourth-order valence-electron chi connectivity index (χ4n) is 3.22. The first-order chi connectivity index (χ1) is 15.0. The minimum atomic E-state index is -0.631. The molecule has 3 rings (SSSR count). The Balaban J connectivity index is 1.91. The SMILES string of the molecule is CC(C)[C@@H](COC(=O)c1ccccc1)N(C(=O)c1ccccc1)C(=O)c1ccccc1. The highest BCUT2D eigenvalue weighted by molar-refractivity contribution is 6.10. The number of hydrogen-bond acceptors (Lipinski definition) is 4. The summed E-state index contributed by atoms with van der Waals surface area (Å²) in [6.07, 6.45) is 0. The molecule has 0 unspecified atom stereocenters. The molecule has 0 N–H and O–H groups in total. The molecule has 5 nitrogen and oxygen atoms in total. The Hall–Kier alpha value is -3.73. The van der Waals surface area contributed by atoms with Crippen molar-refractivity contribution in [3.63, 3.8) is 0 Å². The van der Waals surface area contributed by atoms with Gasteiger partial charge in [0.2, 0.25) is 0 Å². The van der Waals surface area contributed by atoms with E-state index in [1.54, 1.807) is 72.8 Å². The number of carbonyl (C=O) groups excluding carboxylic acids is 3. The topological polar surface area (TPSA) is 63.7 Å². The number of amides is 2. The van der Waals surface area contributed by atoms with Crippen LogP contribution < -0.4 is 0 Å². The predicted molar refractivity (Wildman–Crippen MR) is 119 cm³/mol. The van der Waals surface area contributed by atoms with E-state index in [1.807, 2.05) is 32.0 Å². The summed E-state index contributed by atoms with van der Waals surface area (Å²) in [5, 5.41) is 0. The molecule has 0 saturated heterocycles. The zero-order valence-electron chi connectivity index (χ0n) is 17.6. The minimum Gasteiger partial charge on any atom is -0.460 e. The van der Waals surface area contributed by atoms with Crippen molar-refractivity contribution in [1.29, 1.82) is 0 Å². The van der Waals surface area contributed by atoms with Crippen LogP contribution in [0.4, 0.5) is 0 Å². The van der Waals surface area contributed by atoms with Gasteiger partial charge in [0.05, 0.1) is 11.6 Å². The lowest BCUT2D eigenvalue weighted by Gasteiger charge is -2.32. The molecule has 0 aliphatic rings. The Bertz CT molecular complexity index is 966. The average Bonchev–Trinajstić information content (AvgIpc) is 2.82. The Morgan fingerprint density at radius 3 is 1.45 bits per heavy atom. The number of nitrogens with zero attached hydrogens (tertiary/aromatic N) is 1. The maximum atomic E-state index is 13.4. The third-order valence-electron chi connectivity index (χ3n) is 4.97. The van der Waals surface area contributed by atoms with Crippen LogP contribution in [-0.2, 0) is 4.74 Å². The predicted octanol–water partition coefficient (Wildman–Crippen LogP) is 4.85. The Morgan fingerprint density at radius 2 is 1.06 bits per heavy atom. The summed E-state index contributed by atoms with van der Waals surface area (Å²) in [6.45, 7) is 3.69. The normalized spacial score (nSPS) is 11.6. The van der Waals surface area contributed by atoms with E-state index in [0.29, 0.717) is 16.7 Å². The second-order valence-corrected chi connectivity index (χ2v) is 7.49. The number of ether oxygens (including phenoxy) is 1. The number of benzene rings is 3. The molecule has 0 fully saturated rings. The van der Waals surface area contributed by atoms with Crippen molar-refractivity contribution >= 4 is 17.8 Å². The molecule has 0 aromatic heterocycles. The zero-order chi connectivity index (χ0) is 22.2. The Kier molecular flexibility index (Phi) is 7.33. The monoisotopic (exact) mass is 415 g/mol. The summed E-state index contributed by atoms with van der Waals surface area (Å²) >= 11 is 0. The molecule has 0 heterocycles. The van der Waals surface area contributed by atoms with Crippen molar-refractivity contribution in [3.8, 4) is 0 Å². The van der Waals surface area contributed by atoms with Gasteiger partial charge in [-0.2, -0.15) is 0 Å². The third kappa shape index (κ3) is 5.45. The van der Waals surface area contributed by atoms with Crippen molar-refractivity contribution in [2.45, 2.75) is 19.9 Å². The van der Waals surface area contributed by atoms with E-state index in [2.05, 4.69) is 0 Å². The summed E-state index contributed by atoms with van der Waals surface area (Å²) < 4.78 is 5.52. The minimum absolute atomic E-state index is 0.0947. The molecular formula is C26H25NO4. The summed E-state index contributed by atoms with van der Waals surface area (Å²) in [4.78, 5) is 40.4. The number of imide groups is 1.